The van der Waals surface area contributed by atoms with Crippen molar-refractivity contribution in [1.29, 1.82) is 0 Å². The summed E-state index contributed by atoms with van der Waals surface area (Å²) in [6.07, 6.45) is 1.63. The second-order valence-corrected chi connectivity index (χ2v) is 9.99. The lowest BCUT2D eigenvalue weighted by atomic mass is 10.1. The largest absolute Gasteiger partial charge is 0.489 e. The molecule has 0 radical (unpaired) electrons. The van der Waals surface area contributed by atoms with Crippen molar-refractivity contribution in [2.45, 2.75) is 13.5 Å². The number of halogens is 3. The molecule has 0 bridgehead atoms. The molecule has 0 aromatic heterocycles. The predicted molar refractivity (Wildman–Crippen MR) is 141 cm³/mol. The van der Waals surface area contributed by atoms with Gasteiger partial charge in [-0.3, -0.25) is 15.0 Å². The van der Waals surface area contributed by atoms with Gasteiger partial charge >= 0.3 is 0 Å². The summed E-state index contributed by atoms with van der Waals surface area (Å²) in [6, 6.07) is 16.4. The number of carbonyl (C=O) groups is 2. The third-order valence-electron chi connectivity index (χ3n) is 4.98. The van der Waals surface area contributed by atoms with Crippen LogP contribution in [0.5, 0.6) is 5.75 Å². The molecule has 0 spiro atoms. The molecular weight excluding hydrogens is 530 g/mol. The summed E-state index contributed by atoms with van der Waals surface area (Å²) < 4.78 is 19.9. The molecule has 5 nitrogen and oxygen atoms in total. The van der Waals surface area contributed by atoms with Crippen molar-refractivity contribution >= 4 is 69.4 Å². The van der Waals surface area contributed by atoms with Crippen LogP contribution in [0, 0.1) is 12.7 Å². The van der Waals surface area contributed by atoms with E-state index in [9.17, 15) is 14.0 Å². The van der Waals surface area contributed by atoms with Crippen molar-refractivity contribution in [3.05, 3.63) is 104 Å². The number of hydrogen-bond acceptors (Lipinski definition) is 5. The summed E-state index contributed by atoms with van der Waals surface area (Å²) >= 11 is 18.6. The highest BCUT2D eigenvalue weighted by Crippen LogP contribution is 2.32. The van der Waals surface area contributed by atoms with Gasteiger partial charge in [-0.25, -0.2) is 4.39 Å². The van der Waals surface area contributed by atoms with Crippen molar-refractivity contribution in [2.24, 2.45) is 0 Å². The zero-order valence-corrected chi connectivity index (χ0v) is 21.3. The van der Waals surface area contributed by atoms with Crippen LogP contribution < -0.4 is 10.2 Å². The Morgan fingerprint density at radius 2 is 1.91 bits per heavy atom. The second-order valence-electron chi connectivity index (χ2n) is 7.50. The Balaban J connectivity index is 1.47. The fourth-order valence-electron chi connectivity index (χ4n) is 3.20. The molecule has 1 aliphatic heterocycles. The highest BCUT2D eigenvalue weighted by molar-refractivity contribution is 8.26. The quantitative estimate of drug-likeness (QED) is 0.280. The highest BCUT2D eigenvalue weighted by Gasteiger charge is 2.34. The topological polar surface area (TPSA) is 58.6 Å². The molecule has 0 aliphatic carbocycles. The van der Waals surface area contributed by atoms with Crippen LogP contribution in [0.3, 0.4) is 0 Å². The number of nitrogens with one attached hydrogen (secondary N) is 1. The van der Waals surface area contributed by atoms with Crippen LogP contribution in [0.4, 0.5) is 4.39 Å². The smallest absolute Gasteiger partial charge is 0.285 e. The number of rotatable bonds is 6. The van der Waals surface area contributed by atoms with Crippen LogP contribution in [-0.2, 0) is 11.4 Å². The molecule has 0 saturated carbocycles. The van der Waals surface area contributed by atoms with Gasteiger partial charge in [0.15, 0.2) is 4.32 Å². The molecule has 35 heavy (non-hydrogen) atoms. The number of thioether (sulfide) groups is 1. The van der Waals surface area contributed by atoms with Crippen molar-refractivity contribution in [3.8, 4) is 5.75 Å². The van der Waals surface area contributed by atoms with E-state index in [0.29, 0.717) is 16.2 Å². The molecule has 1 aliphatic rings. The van der Waals surface area contributed by atoms with Gasteiger partial charge in [0.2, 0.25) is 0 Å². The zero-order valence-electron chi connectivity index (χ0n) is 18.2. The summed E-state index contributed by atoms with van der Waals surface area (Å²) in [5, 5.41) is 1.57. The van der Waals surface area contributed by atoms with Gasteiger partial charge in [-0.05, 0) is 72.7 Å². The van der Waals surface area contributed by atoms with Crippen molar-refractivity contribution in [1.82, 2.24) is 10.4 Å². The first-order valence-electron chi connectivity index (χ1n) is 10.2. The van der Waals surface area contributed by atoms with Gasteiger partial charge in [-0.2, -0.15) is 5.01 Å². The molecule has 4 rings (SSSR count). The molecule has 1 fully saturated rings. The number of ether oxygens (including phenoxy) is 1. The number of hydrogen-bond donors (Lipinski definition) is 1. The van der Waals surface area contributed by atoms with E-state index in [1.807, 2.05) is 6.92 Å². The van der Waals surface area contributed by atoms with Crippen LogP contribution in [0.15, 0.2) is 65.6 Å². The van der Waals surface area contributed by atoms with Crippen molar-refractivity contribution in [2.75, 3.05) is 0 Å². The molecule has 1 saturated heterocycles. The first-order chi connectivity index (χ1) is 16.7. The molecule has 10 heteroatoms. The molecule has 2 amide bonds. The minimum atomic E-state index is -0.547. The van der Waals surface area contributed by atoms with Gasteiger partial charge in [0.25, 0.3) is 11.8 Å². The molecule has 178 valence electrons. The maximum atomic E-state index is 14.0. The molecule has 1 N–H and O–H groups in total. The van der Waals surface area contributed by atoms with Gasteiger partial charge < -0.3 is 4.74 Å². The van der Waals surface area contributed by atoms with Crippen LogP contribution >= 0.6 is 47.2 Å². The van der Waals surface area contributed by atoms with E-state index in [2.05, 4.69) is 5.43 Å². The minimum absolute atomic E-state index is 0.0509. The number of benzene rings is 3. The first kappa shape index (κ1) is 25.2. The van der Waals surface area contributed by atoms with E-state index in [-0.39, 0.29) is 32.1 Å². The van der Waals surface area contributed by atoms with Crippen molar-refractivity contribution in [3.63, 3.8) is 0 Å². The molecular formula is C25H17Cl2FN2O3S2. The summed E-state index contributed by atoms with van der Waals surface area (Å²) in [5.74, 6) is -1.00. The normalized spacial score (nSPS) is 14.5. The van der Waals surface area contributed by atoms with Gasteiger partial charge in [-0.15, -0.1) is 0 Å². The molecule has 1 heterocycles. The highest BCUT2D eigenvalue weighted by atomic mass is 35.5. The Morgan fingerprint density at radius 3 is 2.66 bits per heavy atom. The number of aryl methyl sites for hydroxylation is 1. The molecule has 3 aromatic rings. The standard InChI is InChI=1S/C25H17Cl2FN2O3S2/c1-14-8-9-17(20(27)10-14)23(31)29-30-24(32)22(35-25(30)34)12-15-4-2-5-16(11-15)33-13-18-19(26)6-3-7-21(18)28/h2-12H,13H2,1H3,(H,29,31)/b22-12+. The Morgan fingerprint density at radius 1 is 1.14 bits per heavy atom. The van der Waals surface area contributed by atoms with E-state index < -0.39 is 17.6 Å². The molecule has 0 atom stereocenters. The monoisotopic (exact) mass is 546 g/mol. The van der Waals surface area contributed by atoms with E-state index in [4.69, 9.17) is 40.2 Å². The Kier molecular flexibility index (Phi) is 7.76. The first-order valence-corrected chi connectivity index (χ1v) is 12.2. The van der Waals surface area contributed by atoms with Crippen LogP contribution in [0.2, 0.25) is 10.0 Å². The van der Waals surface area contributed by atoms with E-state index in [0.717, 1.165) is 22.3 Å². The SMILES string of the molecule is Cc1ccc(C(=O)NN2C(=O)/C(=C\c3cccc(OCc4c(F)cccc4Cl)c3)SC2=S)c(Cl)c1. The number of carbonyl (C=O) groups excluding carboxylic acids is 2. The fraction of sp³-hybridized carbons (Fsp3) is 0.0800. The third kappa shape index (κ3) is 5.85. The van der Waals surface area contributed by atoms with Gasteiger partial charge in [-0.1, -0.05) is 59.2 Å². The summed E-state index contributed by atoms with van der Waals surface area (Å²) in [7, 11) is 0. The number of amides is 2. The Hall–Kier alpha value is -2.91. The maximum absolute atomic E-state index is 14.0. The average Bonchev–Trinajstić information content (AvgIpc) is 3.06. The zero-order chi connectivity index (χ0) is 25.1. The third-order valence-corrected chi connectivity index (χ3v) is 6.95. The number of hydrazine groups is 1. The van der Waals surface area contributed by atoms with Crippen LogP contribution in [0.1, 0.15) is 27.0 Å². The lowest BCUT2D eigenvalue weighted by Gasteiger charge is -2.16. The Bertz CT molecular complexity index is 1360. The molecule has 0 unspecified atom stereocenters. The molecule has 3 aromatic carbocycles. The van der Waals surface area contributed by atoms with Gasteiger partial charge in [0.05, 0.1) is 20.5 Å². The van der Waals surface area contributed by atoms with E-state index >= 15 is 0 Å². The second kappa shape index (κ2) is 10.8. The van der Waals surface area contributed by atoms with E-state index in [1.165, 1.54) is 12.1 Å². The van der Waals surface area contributed by atoms with Crippen LogP contribution in [0.25, 0.3) is 6.08 Å². The lowest BCUT2D eigenvalue weighted by Crippen LogP contribution is -2.44. The summed E-state index contributed by atoms with van der Waals surface area (Å²) in [6.45, 7) is 1.81. The van der Waals surface area contributed by atoms with Crippen molar-refractivity contribution < 1.29 is 18.7 Å². The van der Waals surface area contributed by atoms with Gasteiger partial charge in [0, 0.05) is 5.56 Å². The fourth-order valence-corrected chi connectivity index (χ4v) is 4.92. The minimum Gasteiger partial charge on any atom is -0.489 e. The predicted octanol–water partition coefficient (Wildman–Crippen LogP) is 6.57. The van der Waals surface area contributed by atoms with E-state index in [1.54, 1.807) is 54.6 Å². The number of thiocarbonyl (C=S) groups is 1. The number of nitrogens with zero attached hydrogens (tertiary/aromatic N) is 1. The Labute approximate surface area is 220 Å². The van der Waals surface area contributed by atoms with Gasteiger partial charge in [0.1, 0.15) is 18.2 Å². The summed E-state index contributed by atoms with van der Waals surface area (Å²) in [4.78, 5) is 25.9. The maximum Gasteiger partial charge on any atom is 0.285 e. The average molecular weight is 547 g/mol. The van der Waals surface area contributed by atoms with Crippen LogP contribution in [-0.4, -0.2) is 21.1 Å². The summed E-state index contributed by atoms with van der Waals surface area (Å²) in [5.41, 5.74) is 4.57. The lowest BCUT2D eigenvalue weighted by molar-refractivity contribution is -0.123.